The number of phenolic OH excluding ortho intramolecular Hbond substituents is 1. The molecule has 0 saturated carbocycles. The topological polar surface area (TPSA) is 29.5 Å². The van der Waals surface area contributed by atoms with Crippen LogP contribution in [-0.2, 0) is 0 Å². The van der Waals surface area contributed by atoms with Gasteiger partial charge in [-0.15, -0.1) is 0 Å². The molecule has 74 valence electrons. The molecule has 0 spiro atoms. The van der Waals surface area contributed by atoms with E-state index in [1.165, 1.54) is 0 Å². The third kappa shape index (κ3) is 2.39. The van der Waals surface area contributed by atoms with Crippen LogP contribution in [0.4, 0.5) is 0 Å². The van der Waals surface area contributed by atoms with Gasteiger partial charge in [0.1, 0.15) is 11.5 Å². The van der Waals surface area contributed by atoms with Crippen LogP contribution in [0.3, 0.4) is 0 Å². The summed E-state index contributed by atoms with van der Waals surface area (Å²) in [4.78, 5) is 0. The highest BCUT2D eigenvalue weighted by atomic mass is 16.5. The fourth-order valence-corrected chi connectivity index (χ4v) is 1.10. The minimum atomic E-state index is 0.210. The number of ether oxygens (including phenoxy) is 1. The number of aromatic hydroxyl groups is 1. The van der Waals surface area contributed by atoms with Crippen molar-refractivity contribution in [3.05, 3.63) is 42.0 Å². The molecule has 2 nitrogen and oxygen atoms in total. The van der Waals surface area contributed by atoms with E-state index in [0.717, 1.165) is 5.57 Å². The average Bonchev–Trinajstić information content (AvgIpc) is 2.15. The van der Waals surface area contributed by atoms with Gasteiger partial charge in [-0.2, -0.15) is 0 Å². The number of rotatable bonds is 3. The molecular formula is C12H14O2. The second-order valence-corrected chi connectivity index (χ2v) is 3.07. The summed E-state index contributed by atoms with van der Waals surface area (Å²) in [7, 11) is 1.58. The normalized spacial score (nSPS) is 10.4. The minimum Gasteiger partial charge on any atom is -0.507 e. The number of methoxy groups -OCH3 is 1. The Morgan fingerprint density at radius 3 is 2.79 bits per heavy atom. The van der Waals surface area contributed by atoms with E-state index in [4.69, 9.17) is 4.74 Å². The smallest absolute Gasteiger partial charge is 0.129 e. The van der Waals surface area contributed by atoms with Crippen molar-refractivity contribution < 1.29 is 9.84 Å². The van der Waals surface area contributed by atoms with E-state index < -0.39 is 0 Å². The molecule has 1 aromatic rings. The summed E-state index contributed by atoms with van der Waals surface area (Å²) in [5.41, 5.74) is 1.60. The predicted molar refractivity (Wildman–Crippen MR) is 58.5 cm³/mol. The van der Waals surface area contributed by atoms with Gasteiger partial charge >= 0.3 is 0 Å². The van der Waals surface area contributed by atoms with Crippen LogP contribution in [0, 0.1) is 0 Å². The second-order valence-electron chi connectivity index (χ2n) is 3.07. The zero-order chi connectivity index (χ0) is 10.6. The lowest BCUT2D eigenvalue weighted by atomic mass is 10.1. The molecule has 14 heavy (non-hydrogen) atoms. The van der Waals surface area contributed by atoms with Gasteiger partial charge in [-0.1, -0.05) is 24.3 Å². The predicted octanol–water partition coefficient (Wildman–Crippen LogP) is 2.99. The van der Waals surface area contributed by atoms with Crippen molar-refractivity contribution >= 4 is 6.08 Å². The number of hydrogen-bond donors (Lipinski definition) is 1. The van der Waals surface area contributed by atoms with Crippen molar-refractivity contribution in [2.45, 2.75) is 6.92 Å². The number of allylic oxidation sites excluding steroid dienone is 2. The van der Waals surface area contributed by atoms with Gasteiger partial charge in [0.2, 0.25) is 0 Å². The summed E-state index contributed by atoms with van der Waals surface area (Å²) < 4.78 is 5.12. The molecule has 0 aliphatic heterocycles. The Morgan fingerprint density at radius 1 is 1.50 bits per heavy atom. The Labute approximate surface area is 84.1 Å². The van der Waals surface area contributed by atoms with E-state index in [1.807, 2.05) is 13.0 Å². The summed E-state index contributed by atoms with van der Waals surface area (Å²) in [6, 6.07) is 5.17. The first kappa shape index (κ1) is 10.4. The Balaban J connectivity index is 3.11. The summed E-state index contributed by atoms with van der Waals surface area (Å²) in [5, 5.41) is 9.57. The lowest BCUT2D eigenvalue weighted by molar-refractivity contribution is 0.406. The van der Waals surface area contributed by atoms with Crippen LogP contribution in [0.1, 0.15) is 12.5 Å². The molecule has 0 saturated heterocycles. The van der Waals surface area contributed by atoms with E-state index in [1.54, 1.807) is 31.4 Å². The molecule has 0 aromatic heterocycles. The zero-order valence-electron chi connectivity index (χ0n) is 8.45. The van der Waals surface area contributed by atoms with Crippen LogP contribution < -0.4 is 4.74 Å². The molecular weight excluding hydrogens is 176 g/mol. The van der Waals surface area contributed by atoms with Crippen LogP contribution >= 0.6 is 0 Å². The maximum absolute atomic E-state index is 9.57. The fraction of sp³-hybridized carbons (Fsp3) is 0.167. The van der Waals surface area contributed by atoms with E-state index in [-0.39, 0.29) is 5.75 Å². The van der Waals surface area contributed by atoms with Gasteiger partial charge in [0.25, 0.3) is 0 Å². The molecule has 0 atom stereocenters. The number of benzene rings is 1. The molecule has 0 aliphatic carbocycles. The summed E-state index contributed by atoms with van der Waals surface area (Å²) in [5.74, 6) is 0.865. The van der Waals surface area contributed by atoms with Gasteiger partial charge in [0, 0.05) is 0 Å². The highest BCUT2D eigenvalue weighted by Crippen LogP contribution is 2.28. The second kappa shape index (κ2) is 4.51. The van der Waals surface area contributed by atoms with Crippen LogP contribution in [0.2, 0.25) is 0 Å². The molecule has 1 rings (SSSR count). The lowest BCUT2D eigenvalue weighted by Gasteiger charge is -2.05. The zero-order valence-corrected chi connectivity index (χ0v) is 8.45. The first-order valence-electron chi connectivity index (χ1n) is 4.34. The minimum absolute atomic E-state index is 0.210. The van der Waals surface area contributed by atoms with Gasteiger partial charge in [-0.05, 0) is 25.1 Å². The average molecular weight is 190 g/mol. The molecule has 0 aliphatic rings. The number of hydrogen-bond acceptors (Lipinski definition) is 2. The van der Waals surface area contributed by atoms with Crippen LogP contribution in [0.5, 0.6) is 11.5 Å². The summed E-state index contributed by atoms with van der Waals surface area (Å²) >= 11 is 0. The Bertz CT molecular complexity index is 365. The molecule has 1 N–H and O–H groups in total. The largest absolute Gasteiger partial charge is 0.507 e. The van der Waals surface area contributed by atoms with Gasteiger partial charge in [0.05, 0.1) is 12.7 Å². The van der Waals surface area contributed by atoms with E-state index in [0.29, 0.717) is 11.3 Å². The molecule has 0 bridgehead atoms. The molecule has 0 fully saturated rings. The van der Waals surface area contributed by atoms with Crippen LogP contribution in [0.15, 0.2) is 36.4 Å². The van der Waals surface area contributed by atoms with Crippen molar-refractivity contribution in [2.75, 3.05) is 7.11 Å². The summed E-state index contributed by atoms with van der Waals surface area (Å²) in [6.45, 7) is 5.64. The van der Waals surface area contributed by atoms with Crippen molar-refractivity contribution in [2.24, 2.45) is 0 Å². The van der Waals surface area contributed by atoms with E-state index >= 15 is 0 Å². The van der Waals surface area contributed by atoms with Crippen LogP contribution in [0.25, 0.3) is 6.08 Å². The first-order valence-corrected chi connectivity index (χ1v) is 4.34. The molecule has 0 amide bonds. The van der Waals surface area contributed by atoms with Crippen molar-refractivity contribution in [3.8, 4) is 11.5 Å². The SMILES string of the molecule is C=C(C)C=Cc1c(O)cccc1OC. The maximum atomic E-state index is 9.57. The molecule has 0 radical (unpaired) electrons. The Kier molecular flexibility index (Phi) is 3.35. The van der Waals surface area contributed by atoms with Crippen molar-refractivity contribution in [3.63, 3.8) is 0 Å². The van der Waals surface area contributed by atoms with Crippen LogP contribution in [-0.4, -0.2) is 12.2 Å². The Hall–Kier alpha value is -1.70. The van der Waals surface area contributed by atoms with Gasteiger partial charge in [-0.25, -0.2) is 0 Å². The highest BCUT2D eigenvalue weighted by Gasteiger charge is 2.03. The molecule has 1 aromatic carbocycles. The Morgan fingerprint density at radius 2 is 2.21 bits per heavy atom. The van der Waals surface area contributed by atoms with Crippen molar-refractivity contribution in [1.82, 2.24) is 0 Å². The van der Waals surface area contributed by atoms with E-state index in [2.05, 4.69) is 6.58 Å². The maximum Gasteiger partial charge on any atom is 0.129 e. The molecule has 0 unspecified atom stereocenters. The fourth-order valence-electron chi connectivity index (χ4n) is 1.10. The third-order valence-corrected chi connectivity index (χ3v) is 1.80. The molecule has 0 heterocycles. The standard InChI is InChI=1S/C12H14O2/c1-9(2)7-8-10-11(13)5-4-6-12(10)14-3/h4-8,13H,1H2,2-3H3. The molecule has 2 heteroatoms. The number of phenols is 1. The van der Waals surface area contributed by atoms with Gasteiger partial charge < -0.3 is 9.84 Å². The van der Waals surface area contributed by atoms with Crippen molar-refractivity contribution in [1.29, 1.82) is 0 Å². The monoisotopic (exact) mass is 190 g/mol. The lowest BCUT2D eigenvalue weighted by Crippen LogP contribution is -1.86. The first-order chi connectivity index (χ1) is 6.65. The quantitative estimate of drug-likeness (QED) is 0.742. The van der Waals surface area contributed by atoms with Gasteiger partial charge in [-0.3, -0.25) is 0 Å². The third-order valence-electron chi connectivity index (χ3n) is 1.80. The highest BCUT2D eigenvalue weighted by molar-refractivity contribution is 5.65. The van der Waals surface area contributed by atoms with Gasteiger partial charge in [0.15, 0.2) is 0 Å². The van der Waals surface area contributed by atoms with E-state index in [9.17, 15) is 5.11 Å². The summed E-state index contributed by atoms with van der Waals surface area (Å²) in [6.07, 6.45) is 3.62.